The van der Waals surface area contributed by atoms with Gasteiger partial charge in [0.05, 0.1) is 0 Å². The summed E-state index contributed by atoms with van der Waals surface area (Å²) in [4.78, 5) is 4.95. The van der Waals surface area contributed by atoms with Crippen LogP contribution in [0.5, 0.6) is 0 Å². The minimum atomic E-state index is 0.258. The van der Waals surface area contributed by atoms with Gasteiger partial charge in [0.2, 0.25) is 0 Å². The fraction of sp³-hybridized carbons (Fsp3) is 1.00. The molecule has 1 rings (SSSR count). The van der Waals surface area contributed by atoms with Gasteiger partial charge in [-0.25, -0.2) is 0 Å². The van der Waals surface area contributed by atoms with E-state index in [1.807, 2.05) is 0 Å². The van der Waals surface area contributed by atoms with Gasteiger partial charge in [0.1, 0.15) is 0 Å². The normalized spacial score (nSPS) is 23.8. The summed E-state index contributed by atoms with van der Waals surface area (Å²) in [5, 5.41) is 12.5. The molecular weight excluding hydrogens is 214 g/mol. The summed E-state index contributed by atoms with van der Waals surface area (Å²) < 4.78 is 0. The summed E-state index contributed by atoms with van der Waals surface area (Å²) in [6.45, 7) is 12.4. The van der Waals surface area contributed by atoms with Crippen molar-refractivity contribution in [2.75, 3.05) is 46.4 Å². The molecule has 0 saturated carbocycles. The molecule has 1 unspecified atom stereocenters. The average Bonchev–Trinajstić information content (AvgIpc) is 2.24. The number of aliphatic hydroxyl groups is 1. The third-order valence-corrected chi connectivity index (χ3v) is 3.84. The van der Waals surface area contributed by atoms with Crippen LogP contribution in [-0.2, 0) is 0 Å². The Balaban J connectivity index is 2.44. The maximum absolute atomic E-state index is 9.07. The van der Waals surface area contributed by atoms with Crippen LogP contribution < -0.4 is 5.32 Å². The van der Waals surface area contributed by atoms with Crippen molar-refractivity contribution in [1.29, 1.82) is 0 Å². The van der Waals surface area contributed by atoms with E-state index in [1.165, 1.54) is 0 Å². The van der Waals surface area contributed by atoms with Crippen molar-refractivity contribution in [3.63, 3.8) is 0 Å². The zero-order chi connectivity index (χ0) is 12.9. The van der Waals surface area contributed by atoms with Crippen LogP contribution in [0.25, 0.3) is 0 Å². The molecule has 1 saturated heterocycles. The first kappa shape index (κ1) is 14.9. The molecule has 0 aromatic rings. The van der Waals surface area contributed by atoms with Gasteiger partial charge >= 0.3 is 0 Å². The highest BCUT2D eigenvalue weighted by Gasteiger charge is 2.31. The molecule has 1 heterocycles. The molecule has 0 radical (unpaired) electrons. The Morgan fingerprint density at radius 1 is 1.35 bits per heavy atom. The summed E-state index contributed by atoms with van der Waals surface area (Å²) in [7, 11) is 2.20. The molecule has 102 valence electrons. The Hall–Kier alpha value is -0.160. The van der Waals surface area contributed by atoms with Crippen LogP contribution in [0.1, 0.15) is 27.2 Å². The van der Waals surface area contributed by atoms with Gasteiger partial charge in [-0.3, -0.25) is 9.80 Å². The zero-order valence-corrected chi connectivity index (χ0v) is 11.9. The van der Waals surface area contributed by atoms with E-state index in [2.05, 4.69) is 42.9 Å². The predicted molar refractivity (Wildman–Crippen MR) is 72.3 cm³/mol. The van der Waals surface area contributed by atoms with E-state index in [-0.39, 0.29) is 12.1 Å². The van der Waals surface area contributed by atoms with Crippen LogP contribution in [0.4, 0.5) is 0 Å². The van der Waals surface area contributed by atoms with Gasteiger partial charge in [-0.15, -0.1) is 0 Å². The maximum Gasteiger partial charge on any atom is 0.0446 e. The Kier molecular flexibility index (Phi) is 5.86. The summed E-state index contributed by atoms with van der Waals surface area (Å²) in [5.74, 6) is 0. The first-order chi connectivity index (χ1) is 7.99. The van der Waals surface area contributed by atoms with Crippen molar-refractivity contribution in [3.8, 4) is 0 Å². The van der Waals surface area contributed by atoms with Gasteiger partial charge in [0.15, 0.2) is 0 Å². The monoisotopic (exact) mass is 243 g/mol. The van der Waals surface area contributed by atoms with Gasteiger partial charge < -0.3 is 10.4 Å². The van der Waals surface area contributed by atoms with E-state index in [1.54, 1.807) is 0 Å². The molecule has 0 aromatic carbocycles. The molecule has 17 heavy (non-hydrogen) atoms. The second-order valence-electron chi connectivity index (χ2n) is 5.74. The molecule has 0 amide bonds. The first-order valence-corrected chi connectivity index (χ1v) is 6.77. The lowest BCUT2D eigenvalue weighted by Gasteiger charge is -2.46. The second-order valence-corrected chi connectivity index (χ2v) is 5.74. The number of nitrogens with zero attached hydrogens (tertiary/aromatic N) is 2. The Morgan fingerprint density at radius 2 is 2.06 bits per heavy atom. The van der Waals surface area contributed by atoms with Crippen molar-refractivity contribution in [3.05, 3.63) is 0 Å². The van der Waals surface area contributed by atoms with E-state index in [0.29, 0.717) is 6.04 Å². The first-order valence-electron chi connectivity index (χ1n) is 6.77. The van der Waals surface area contributed by atoms with Gasteiger partial charge in [-0.05, 0) is 33.9 Å². The van der Waals surface area contributed by atoms with E-state index in [4.69, 9.17) is 5.11 Å². The molecular formula is C13H29N3O. The average molecular weight is 243 g/mol. The van der Waals surface area contributed by atoms with Crippen molar-refractivity contribution in [2.45, 2.75) is 38.8 Å². The number of rotatable bonds is 6. The maximum atomic E-state index is 9.07. The van der Waals surface area contributed by atoms with E-state index < -0.39 is 0 Å². The van der Waals surface area contributed by atoms with Crippen LogP contribution in [0.15, 0.2) is 0 Å². The van der Waals surface area contributed by atoms with E-state index in [9.17, 15) is 0 Å². The lowest BCUT2D eigenvalue weighted by atomic mass is 9.99. The Morgan fingerprint density at radius 3 is 2.59 bits per heavy atom. The fourth-order valence-electron chi connectivity index (χ4n) is 2.51. The standard InChI is InChI=1S/C13H29N3O/c1-5-14-12(6-9-17)10-16-8-7-15(4)13(2,3)11-16/h12,14,17H,5-11H2,1-4H3. The van der Waals surface area contributed by atoms with Gasteiger partial charge in [0, 0.05) is 44.4 Å². The van der Waals surface area contributed by atoms with Crippen molar-refractivity contribution >= 4 is 0 Å². The van der Waals surface area contributed by atoms with E-state index >= 15 is 0 Å². The largest absolute Gasteiger partial charge is 0.396 e. The fourth-order valence-corrected chi connectivity index (χ4v) is 2.51. The zero-order valence-electron chi connectivity index (χ0n) is 11.9. The molecule has 1 atom stereocenters. The second kappa shape index (κ2) is 6.69. The summed E-state index contributed by atoms with van der Waals surface area (Å²) in [6.07, 6.45) is 0.848. The van der Waals surface area contributed by atoms with E-state index in [0.717, 1.165) is 39.1 Å². The predicted octanol–water partition coefficient (Wildman–Crippen LogP) is 0.373. The Labute approximate surface area is 106 Å². The lowest BCUT2D eigenvalue weighted by Crippen LogP contribution is -2.59. The number of aliphatic hydroxyl groups excluding tert-OH is 1. The summed E-state index contributed by atoms with van der Waals surface area (Å²) >= 11 is 0. The highest BCUT2D eigenvalue weighted by Crippen LogP contribution is 2.18. The molecule has 1 fully saturated rings. The van der Waals surface area contributed by atoms with Crippen LogP contribution in [0.2, 0.25) is 0 Å². The molecule has 2 N–H and O–H groups in total. The molecule has 0 aliphatic carbocycles. The number of hydrogen-bond donors (Lipinski definition) is 2. The third kappa shape index (κ3) is 4.54. The highest BCUT2D eigenvalue weighted by atomic mass is 16.3. The van der Waals surface area contributed by atoms with Crippen molar-refractivity contribution in [1.82, 2.24) is 15.1 Å². The van der Waals surface area contributed by atoms with Crippen LogP contribution >= 0.6 is 0 Å². The number of nitrogens with one attached hydrogen (secondary N) is 1. The molecule has 0 bridgehead atoms. The van der Waals surface area contributed by atoms with Crippen molar-refractivity contribution in [2.24, 2.45) is 0 Å². The number of likely N-dealkylation sites (N-methyl/N-ethyl adjacent to an activating group) is 2. The molecule has 0 spiro atoms. The minimum Gasteiger partial charge on any atom is -0.396 e. The number of piperazine rings is 1. The van der Waals surface area contributed by atoms with Gasteiger partial charge in [0.25, 0.3) is 0 Å². The van der Waals surface area contributed by atoms with Gasteiger partial charge in [-0.2, -0.15) is 0 Å². The quantitative estimate of drug-likeness (QED) is 0.707. The molecule has 1 aliphatic rings. The van der Waals surface area contributed by atoms with Crippen LogP contribution in [-0.4, -0.2) is 72.9 Å². The topological polar surface area (TPSA) is 38.7 Å². The van der Waals surface area contributed by atoms with Crippen LogP contribution in [0.3, 0.4) is 0 Å². The van der Waals surface area contributed by atoms with Gasteiger partial charge in [-0.1, -0.05) is 6.92 Å². The third-order valence-electron chi connectivity index (χ3n) is 3.84. The molecule has 0 aromatic heterocycles. The smallest absolute Gasteiger partial charge is 0.0446 e. The Bertz CT molecular complexity index is 215. The molecule has 4 heteroatoms. The SMILES string of the molecule is CCNC(CCO)CN1CCN(C)C(C)(C)C1. The van der Waals surface area contributed by atoms with Crippen LogP contribution in [0, 0.1) is 0 Å². The highest BCUT2D eigenvalue weighted by molar-refractivity contribution is 4.89. The van der Waals surface area contributed by atoms with Crippen molar-refractivity contribution < 1.29 is 5.11 Å². The minimum absolute atomic E-state index is 0.258. The number of hydrogen-bond acceptors (Lipinski definition) is 4. The lowest BCUT2D eigenvalue weighted by molar-refractivity contribution is 0.0339. The molecule has 4 nitrogen and oxygen atoms in total. The molecule has 1 aliphatic heterocycles. The summed E-state index contributed by atoms with van der Waals surface area (Å²) in [6, 6.07) is 0.421. The summed E-state index contributed by atoms with van der Waals surface area (Å²) in [5.41, 5.74) is 0.258.